The summed E-state index contributed by atoms with van der Waals surface area (Å²) in [5.41, 5.74) is -0.617. The van der Waals surface area contributed by atoms with E-state index in [0.717, 1.165) is 6.07 Å². The van der Waals surface area contributed by atoms with Gasteiger partial charge in [0.05, 0.1) is 36.5 Å². The van der Waals surface area contributed by atoms with Gasteiger partial charge in [-0.15, -0.1) is 0 Å². The fourth-order valence-electron chi connectivity index (χ4n) is 3.50. The topological polar surface area (TPSA) is 130 Å². The molecule has 0 aliphatic rings. The number of pyridine rings is 1. The molecule has 0 fully saturated rings. The van der Waals surface area contributed by atoms with Crippen molar-refractivity contribution in [2.75, 3.05) is 14.2 Å². The number of halogens is 2. The third-order valence-corrected chi connectivity index (χ3v) is 5.74. The summed E-state index contributed by atoms with van der Waals surface area (Å²) in [6.07, 6.45) is 0. The second-order valence-electron chi connectivity index (χ2n) is 6.96. The Kier molecular flexibility index (Phi) is 7.43. The van der Waals surface area contributed by atoms with Crippen LogP contribution < -0.4 is 5.43 Å². The minimum atomic E-state index is -1.41. The minimum absolute atomic E-state index is 0.0589. The molecule has 0 saturated carbocycles. The van der Waals surface area contributed by atoms with E-state index in [4.69, 9.17) is 27.9 Å². The van der Waals surface area contributed by atoms with Crippen LogP contribution in [0.25, 0.3) is 11.3 Å². The SMILES string of the molecule is CCn1c(Cn2nc(C(=O)OC)cc2C(=O)OC)cc(=O)c(C(=O)O)c1-c1ccc(Cl)c(Cl)c1. The summed E-state index contributed by atoms with van der Waals surface area (Å²) in [6.45, 7) is 1.85. The zero-order valence-electron chi connectivity index (χ0n) is 18.3. The largest absolute Gasteiger partial charge is 0.477 e. The third kappa shape index (κ3) is 4.68. The number of hydrogen-bond acceptors (Lipinski definition) is 7. The molecular formula is C22H19Cl2N3O7. The third-order valence-electron chi connectivity index (χ3n) is 5.00. The van der Waals surface area contributed by atoms with Crippen LogP contribution in [0, 0.1) is 0 Å². The number of ether oxygens (including phenoxy) is 2. The number of nitrogens with zero attached hydrogens (tertiary/aromatic N) is 3. The van der Waals surface area contributed by atoms with Crippen LogP contribution >= 0.6 is 23.2 Å². The lowest BCUT2D eigenvalue weighted by Crippen LogP contribution is -2.25. The van der Waals surface area contributed by atoms with Gasteiger partial charge in [0.2, 0.25) is 0 Å². The van der Waals surface area contributed by atoms with Crippen LogP contribution in [-0.4, -0.2) is 51.6 Å². The Morgan fingerprint density at radius 1 is 1.03 bits per heavy atom. The lowest BCUT2D eigenvalue weighted by Gasteiger charge is -2.20. The quantitative estimate of drug-likeness (QED) is 0.481. The second kappa shape index (κ2) is 10.1. The number of carboxylic acids is 1. The van der Waals surface area contributed by atoms with Crippen molar-refractivity contribution < 1.29 is 29.0 Å². The first kappa shape index (κ1) is 25.0. The number of carboxylic acid groups (broad SMARTS) is 1. The first-order valence-electron chi connectivity index (χ1n) is 9.82. The van der Waals surface area contributed by atoms with Gasteiger partial charge in [-0.1, -0.05) is 29.3 Å². The van der Waals surface area contributed by atoms with E-state index in [1.54, 1.807) is 17.6 Å². The fourth-order valence-corrected chi connectivity index (χ4v) is 3.80. The number of carbonyl (C=O) groups is 3. The Morgan fingerprint density at radius 3 is 2.26 bits per heavy atom. The van der Waals surface area contributed by atoms with Crippen molar-refractivity contribution in [2.45, 2.75) is 20.0 Å². The monoisotopic (exact) mass is 507 g/mol. The molecule has 0 saturated heterocycles. The number of aromatic carboxylic acids is 1. The first-order valence-corrected chi connectivity index (χ1v) is 10.6. The summed E-state index contributed by atoms with van der Waals surface area (Å²) in [4.78, 5) is 49.1. The van der Waals surface area contributed by atoms with Crippen molar-refractivity contribution in [3.8, 4) is 11.3 Å². The Bertz CT molecular complexity index is 1360. The summed E-state index contributed by atoms with van der Waals surface area (Å²) < 4.78 is 12.2. The molecule has 10 nitrogen and oxygen atoms in total. The van der Waals surface area contributed by atoms with Crippen molar-refractivity contribution in [1.29, 1.82) is 0 Å². The first-order chi connectivity index (χ1) is 16.1. The van der Waals surface area contributed by atoms with Crippen molar-refractivity contribution in [2.24, 2.45) is 0 Å². The maximum atomic E-state index is 12.9. The molecule has 0 bridgehead atoms. The molecule has 3 rings (SSSR count). The molecule has 0 amide bonds. The van der Waals surface area contributed by atoms with Crippen LogP contribution in [0.1, 0.15) is 44.0 Å². The van der Waals surface area contributed by atoms with Gasteiger partial charge in [0.1, 0.15) is 11.3 Å². The van der Waals surface area contributed by atoms with E-state index in [2.05, 4.69) is 9.84 Å². The molecule has 3 aromatic rings. The van der Waals surface area contributed by atoms with Gasteiger partial charge >= 0.3 is 17.9 Å². The predicted octanol–water partition coefficient (Wildman–Crippen LogP) is 3.36. The molecule has 0 spiro atoms. The Morgan fingerprint density at radius 2 is 1.71 bits per heavy atom. The molecule has 0 atom stereocenters. The summed E-state index contributed by atoms with van der Waals surface area (Å²) in [6, 6.07) is 6.86. The number of methoxy groups -OCH3 is 2. The minimum Gasteiger partial charge on any atom is -0.477 e. The maximum absolute atomic E-state index is 12.9. The van der Waals surface area contributed by atoms with Crippen LogP contribution in [0.15, 0.2) is 35.1 Å². The van der Waals surface area contributed by atoms with Crippen LogP contribution in [0.4, 0.5) is 0 Å². The van der Waals surface area contributed by atoms with E-state index in [-0.39, 0.29) is 40.2 Å². The predicted molar refractivity (Wildman–Crippen MR) is 123 cm³/mol. The number of hydrogen-bond donors (Lipinski definition) is 1. The smallest absolute Gasteiger partial charge is 0.358 e. The normalized spacial score (nSPS) is 10.7. The fraction of sp³-hybridized carbons (Fsp3) is 0.227. The zero-order chi connectivity index (χ0) is 25.2. The van der Waals surface area contributed by atoms with Gasteiger partial charge in [-0.25, -0.2) is 14.4 Å². The van der Waals surface area contributed by atoms with Gasteiger partial charge in [-0.05, 0) is 19.1 Å². The Hall–Kier alpha value is -3.63. The molecule has 0 aliphatic carbocycles. The van der Waals surface area contributed by atoms with Gasteiger partial charge in [-0.3, -0.25) is 9.48 Å². The number of benzene rings is 1. The van der Waals surface area contributed by atoms with E-state index < -0.39 is 28.9 Å². The standard InChI is InChI=1S/C22H19Cl2N3O7/c1-4-26-12(10-27-16(22(32)34-3)9-15(25-27)21(31)33-2)8-17(28)18(20(29)30)19(26)11-5-6-13(23)14(24)7-11/h5-9H,4,10H2,1-3H3,(H,29,30). The lowest BCUT2D eigenvalue weighted by molar-refractivity contribution is 0.0581. The van der Waals surface area contributed by atoms with Crippen molar-refractivity contribution in [3.05, 3.63) is 73.2 Å². The molecular weight excluding hydrogens is 489 g/mol. The average Bonchev–Trinajstić information content (AvgIpc) is 3.22. The average molecular weight is 508 g/mol. The molecule has 178 valence electrons. The lowest BCUT2D eigenvalue weighted by atomic mass is 10.0. The molecule has 0 aliphatic heterocycles. The van der Waals surface area contributed by atoms with E-state index in [0.29, 0.717) is 11.3 Å². The molecule has 0 unspecified atom stereocenters. The molecule has 1 aromatic carbocycles. The van der Waals surface area contributed by atoms with Gasteiger partial charge in [0, 0.05) is 29.9 Å². The number of aromatic nitrogens is 3. The summed E-state index contributed by atoms with van der Waals surface area (Å²) in [7, 11) is 2.34. The van der Waals surface area contributed by atoms with Crippen LogP contribution in [-0.2, 0) is 22.6 Å². The zero-order valence-corrected chi connectivity index (χ0v) is 19.8. The van der Waals surface area contributed by atoms with E-state index in [9.17, 15) is 24.3 Å². The number of rotatable bonds is 7. The van der Waals surface area contributed by atoms with Crippen LogP contribution in [0.5, 0.6) is 0 Å². The van der Waals surface area contributed by atoms with Gasteiger partial charge in [0.15, 0.2) is 11.1 Å². The van der Waals surface area contributed by atoms with E-state index in [1.807, 2.05) is 0 Å². The summed E-state index contributed by atoms with van der Waals surface area (Å²) in [5.74, 6) is -2.95. The molecule has 12 heteroatoms. The molecule has 34 heavy (non-hydrogen) atoms. The summed E-state index contributed by atoms with van der Waals surface area (Å²) in [5, 5.41) is 14.3. The second-order valence-corrected chi connectivity index (χ2v) is 7.77. The number of carbonyl (C=O) groups excluding carboxylic acids is 2. The molecule has 1 N–H and O–H groups in total. The Labute approximate surface area is 203 Å². The number of esters is 2. The molecule has 2 heterocycles. The van der Waals surface area contributed by atoms with Gasteiger partial charge in [0.25, 0.3) is 0 Å². The van der Waals surface area contributed by atoms with Gasteiger partial charge in [-0.2, -0.15) is 5.10 Å². The van der Waals surface area contributed by atoms with Gasteiger partial charge < -0.3 is 19.1 Å². The highest BCUT2D eigenvalue weighted by atomic mass is 35.5. The van der Waals surface area contributed by atoms with Crippen molar-refractivity contribution in [1.82, 2.24) is 14.3 Å². The highest BCUT2D eigenvalue weighted by molar-refractivity contribution is 6.42. The van der Waals surface area contributed by atoms with E-state index >= 15 is 0 Å². The highest BCUT2D eigenvalue weighted by Gasteiger charge is 2.25. The van der Waals surface area contributed by atoms with Crippen molar-refractivity contribution >= 4 is 41.1 Å². The highest BCUT2D eigenvalue weighted by Crippen LogP contribution is 2.30. The summed E-state index contributed by atoms with van der Waals surface area (Å²) >= 11 is 12.1. The van der Waals surface area contributed by atoms with E-state index in [1.165, 1.54) is 37.1 Å². The molecule has 2 aromatic heterocycles. The van der Waals surface area contributed by atoms with Crippen molar-refractivity contribution in [3.63, 3.8) is 0 Å². The Balaban J connectivity index is 2.28. The molecule has 0 radical (unpaired) electrons. The van der Waals surface area contributed by atoms with Crippen LogP contribution in [0.3, 0.4) is 0 Å². The van der Waals surface area contributed by atoms with Crippen LogP contribution in [0.2, 0.25) is 10.0 Å². The maximum Gasteiger partial charge on any atom is 0.358 e.